The van der Waals surface area contributed by atoms with Crippen LogP contribution in [0.4, 0.5) is 15.8 Å². The first-order valence-electron chi connectivity index (χ1n) is 5.74. The molecule has 0 amide bonds. The highest BCUT2D eigenvalue weighted by molar-refractivity contribution is 9.10. The van der Waals surface area contributed by atoms with Gasteiger partial charge in [0, 0.05) is 10.5 Å². The van der Waals surface area contributed by atoms with Gasteiger partial charge in [0.25, 0.3) is 10.0 Å². The first-order valence-corrected chi connectivity index (χ1v) is 8.02. The van der Waals surface area contributed by atoms with Gasteiger partial charge in [-0.1, -0.05) is 15.9 Å². The van der Waals surface area contributed by atoms with Gasteiger partial charge in [0.2, 0.25) is 0 Å². The third-order valence-corrected chi connectivity index (χ3v) is 4.47. The van der Waals surface area contributed by atoms with E-state index in [1.54, 1.807) is 12.1 Å². The van der Waals surface area contributed by atoms with E-state index in [2.05, 4.69) is 20.7 Å². The average molecular weight is 375 g/mol. The van der Waals surface area contributed by atoms with Crippen LogP contribution < -0.4 is 15.2 Å². The molecule has 0 heterocycles. The van der Waals surface area contributed by atoms with Crippen molar-refractivity contribution >= 4 is 37.3 Å². The predicted octanol–water partition coefficient (Wildman–Crippen LogP) is 2.98. The fraction of sp³-hybridized carbons (Fsp3) is 0.0769. The van der Waals surface area contributed by atoms with Crippen LogP contribution in [0.15, 0.2) is 45.8 Å². The molecule has 0 fully saturated rings. The van der Waals surface area contributed by atoms with Crippen LogP contribution in [0.3, 0.4) is 0 Å². The summed E-state index contributed by atoms with van der Waals surface area (Å²) < 4.78 is 45.7. The maximum Gasteiger partial charge on any atom is 0.261 e. The van der Waals surface area contributed by atoms with Crippen molar-refractivity contribution in [2.24, 2.45) is 0 Å². The van der Waals surface area contributed by atoms with E-state index in [1.807, 2.05) is 0 Å². The number of sulfonamides is 1. The number of nitrogen functional groups attached to an aromatic ring is 1. The Balaban J connectivity index is 2.37. The van der Waals surface area contributed by atoms with Crippen LogP contribution in [-0.4, -0.2) is 15.5 Å². The topological polar surface area (TPSA) is 81.4 Å². The van der Waals surface area contributed by atoms with Gasteiger partial charge in [-0.15, -0.1) is 0 Å². The van der Waals surface area contributed by atoms with E-state index >= 15 is 0 Å². The minimum atomic E-state index is -3.87. The molecule has 0 aliphatic rings. The zero-order valence-electron chi connectivity index (χ0n) is 10.9. The van der Waals surface area contributed by atoms with Crippen LogP contribution in [0.5, 0.6) is 5.75 Å². The van der Waals surface area contributed by atoms with E-state index in [0.717, 1.165) is 18.2 Å². The summed E-state index contributed by atoms with van der Waals surface area (Å²) in [5, 5.41) is 0. The van der Waals surface area contributed by atoms with Crippen molar-refractivity contribution in [2.75, 3.05) is 17.6 Å². The minimum absolute atomic E-state index is 0.125. The number of ether oxygens (including phenoxy) is 1. The molecule has 2 aromatic rings. The van der Waals surface area contributed by atoms with Gasteiger partial charge in [0.05, 0.1) is 23.4 Å². The smallest absolute Gasteiger partial charge is 0.261 e. The lowest BCUT2D eigenvalue weighted by atomic mass is 10.3. The SMILES string of the molecule is COc1cc(Br)cc(NS(=O)(=O)c2ccc(F)c(N)c2)c1. The van der Waals surface area contributed by atoms with Crippen molar-refractivity contribution < 1.29 is 17.5 Å². The third-order valence-electron chi connectivity index (χ3n) is 2.64. The second-order valence-electron chi connectivity index (χ2n) is 4.17. The fourth-order valence-corrected chi connectivity index (χ4v) is 3.19. The van der Waals surface area contributed by atoms with Crippen LogP contribution >= 0.6 is 15.9 Å². The largest absolute Gasteiger partial charge is 0.497 e. The van der Waals surface area contributed by atoms with Crippen molar-refractivity contribution in [2.45, 2.75) is 4.90 Å². The van der Waals surface area contributed by atoms with E-state index in [1.165, 1.54) is 13.2 Å². The molecule has 2 aromatic carbocycles. The highest BCUT2D eigenvalue weighted by atomic mass is 79.9. The molecule has 0 unspecified atom stereocenters. The number of nitrogens with one attached hydrogen (secondary N) is 1. The highest BCUT2D eigenvalue weighted by Crippen LogP contribution is 2.27. The molecule has 5 nitrogen and oxygen atoms in total. The molecule has 112 valence electrons. The molecular weight excluding hydrogens is 363 g/mol. The quantitative estimate of drug-likeness (QED) is 0.806. The average Bonchev–Trinajstić information content (AvgIpc) is 2.40. The monoisotopic (exact) mass is 374 g/mol. The summed E-state index contributed by atoms with van der Waals surface area (Å²) in [6.07, 6.45) is 0. The summed E-state index contributed by atoms with van der Waals surface area (Å²) in [4.78, 5) is -0.125. The summed E-state index contributed by atoms with van der Waals surface area (Å²) in [5.41, 5.74) is 5.46. The van der Waals surface area contributed by atoms with Gasteiger partial charge in [0.15, 0.2) is 0 Å². The molecule has 0 radical (unpaired) electrons. The molecule has 0 saturated carbocycles. The van der Waals surface area contributed by atoms with E-state index < -0.39 is 15.8 Å². The van der Waals surface area contributed by atoms with E-state index in [4.69, 9.17) is 10.5 Å². The Kier molecular flexibility index (Phi) is 4.38. The Morgan fingerprint density at radius 1 is 1.24 bits per heavy atom. The highest BCUT2D eigenvalue weighted by Gasteiger charge is 2.16. The molecule has 2 rings (SSSR count). The van der Waals surface area contributed by atoms with E-state index in [-0.39, 0.29) is 10.6 Å². The maximum atomic E-state index is 13.1. The molecule has 8 heteroatoms. The minimum Gasteiger partial charge on any atom is -0.497 e. The molecule has 21 heavy (non-hydrogen) atoms. The van der Waals surface area contributed by atoms with Crippen molar-refractivity contribution in [3.63, 3.8) is 0 Å². The molecule has 0 atom stereocenters. The molecule has 0 bridgehead atoms. The second-order valence-corrected chi connectivity index (χ2v) is 6.77. The van der Waals surface area contributed by atoms with E-state index in [0.29, 0.717) is 15.9 Å². The number of hydrogen-bond acceptors (Lipinski definition) is 4. The Morgan fingerprint density at radius 2 is 1.95 bits per heavy atom. The lowest BCUT2D eigenvalue weighted by molar-refractivity contribution is 0.415. The van der Waals surface area contributed by atoms with Crippen molar-refractivity contribution in [3.05, 3.63) is 46.7 Å². The normalized spacial score (nSPS) is 11.2. The van der Waals surface area contributed by atoms with Gasteiger partial charge in [-0.3, -0.25) is 4.72 Å². The third kappa shape index (κ3) is 3.64. The van der Waals surface area contributed by atoms with Crippen LogP contribution in [0.1, 0.15) is 0 Å². The van der Waals surface area contributed by atoms with Crippen LogP contribution in [0.2, 0.25) is 0 Å². The van der Waals surface area contributed by atoms with Crippen LogP contribution in [-0.2, 0) is 10.0 Å². The lowest BCUT2D eigenvalue weighted by Gasteiger charge is -2.10. The number of methoxy groups -OCH3 is 1. The molecule has 0 aliphatic carbocycles. The summed E-state index contributed by atoms with van der Waals surface area (Å²) in [7, 11) is -2.39. The molecule has 3 N–H and O–H groups in total. The zero-order chi connectivity index (χ0) is 15.6. The number of nitrogens with two attached hydrogens (primary N) is 1. The number of rotatable bonds is 4. The predicted molar refractivity (Wildman–Crippen MR) is 82.3 cm³/mol. The Hall–Kier alpha value is -1.80. The molecule has 0 saturated heterocycles. The lowest BCUT2D eigenvalue weighted by Crippen LogP contribution is -2.13. The molecule has 0 aromatic heterocycles. The number of halogens is 2. The Bertz CT molecular complexity index is 781. The van der Waals surface area contributed by atoms with Gasteiger partial charge in [-0.25, -0.2) is 12.8 Å². The van der Waals surface area contributed by atoms with Gasteiger partial charge >= 0.3 is 0 Å². The zero-order valence-corrected chi connectivity index (χ0v) is 13.3. The first kappa shape index (κ1) is 15.6. The Labute approximate surface area is 130 Å². The van der Waals surface area contributed by atoms with Gasteiger partial charge in [-0.05, 0) is 30.3 Å². The fourth-order valence-electron chi connectivity index (χ4n) is 1.64. The van der Waals surface area contributed by atoms with Gasteiger partial charge in [-0.2, -0.15) is 0 Å². The summed E-state index contributed by atoms with van der Waals surface area (Å²) in [5.74, 6) is -0.182. The summed E-state index contributed by atoms with van der Waals surface area (Å²) >= 11 is 3.25. The van der Waals surface area contributed by atoms with Crippen molar-refractivity contribution in [1.29, 1.82) is 0 Å². The summed E-state index contributed by atoms with van der Waals surface area (Å²) in [6.45, 7) is 0. The number of anilines is 2. The van der Waals surface area contributed by atoms with Gasteiger partial charge < -0.3 is 10.5 Å². The number of benzene rings is 2. The van der Waals surface area contributed by atoms with E-state index in [9.17, 15) is 12.8 Å². The Morgan fingerprint density at radius 3 is 2.57 bits per heavy atom. The molecule has 0 aliphatic heterocycles. The van der Waals surface area contributed by atoms with Crippen molar-refractivity contribution in [3.8, 4) is 5.75 Å². The second kappa shape index (κ2) is 5.90. The summed E-state index contributed by atoms with van der Waals surface area (Å²) in [6, 6.07) is 8.00. The number of hydrogen-bond donors (Lipinski definition) is 2. The molecular formula is C13H12BrFN2O3S. The van der Waals surface area contributed by atoms with Gasteiger partial charge in [0.1, 0.15) is 11.6 Å². The van der Waals surface area contributed by atoms with Crippen LogP contribution in [0, 0.1) is 5.82 Å². The maximum absolute atomic E-state index is 13.1. The van der Waals surface area contributed by atoms with Crippen LogP contribution in [0.25, 0.3) is 0 Å². The molecule has 0 spiro atoms. The van der Waals surface area contributed by atoms with Crippen molar-refractivity contribution in [1.82, 2.24) is 0 Å². The standard InChI is InChI=1S/C13H12BrFN2O3S/c1-20-10-5-8(14)4-9(6-10)17-21(18,19)11-2-3-12(15)13(16)7-11/h2-7,17H,16H2,1H3. The first-order chi connectivity index (χ1) is 9.81.